The fraction of sp³-hybridized carbons (Fsp3) is 0.444. The Kier molecular flexibility index (Phi) is 5.12. The number of anilines is 1. The lowest BCUT2D eigenvalue weighted by atomic mass is 10.2. The second-order valence-electron chi connectivity index (χ2n) is 6.66. The number of aliphatic hydroxyl groups excluding tert-OH is 1. The summed E-state index contributed by atoms with van der Waals surface area (Å²) in [4.78, 5) is 25.5. The molecule has 0 unspecified atom stereocenters. The highest BCUT2D eigenvalue weighted by atomic mass is 16.3. The van der Waals surface area contributed by atoms with Crippen LogP contribution in [-0.2, 0) is 13.1 Å². The molecule has 4 rings (SSSR count). The quantitative estimate of drug-likeness (QED) is 0.643. The molecule has 0 amide bonds. The number of rotatable bonds is 6. The molecule has 3 heterocycles. The van der Waals surface area contributed by atoms with Gasteiger partial charge >= 0.3 is 0 Å². The van der Waals surface area contributed by atoms with Gasteiger partial charge in [0.15, 0.2) is 0 Å². The van der Waals surface area contributed by atoms with Gasteiger partial charge in [-0.05, 0) is 18.2 Å². The summed E-state index contributed by atoms with van der Waals surface area (Å²) >= 11 is 0. The lowest BCUT2D eigenvalue weighted by Gasteiger charge is -2.36. The van der Waals surface area contributed by atoms with Gasteiger partial charge in [0, 0.05) is 38.4 Å². The van der Waals surface area contributed by atoms with Crippen molar-refractivity contribution in [1.29, 1.82) is 0 Å². The van der Waals surface area contributed by atoms with Crippen molar-refractivity contribution in [2.45, 2.75) is 13.1 Å². The van der Waals surface area contributed by atoms with E-state index in [-0.39, 0.29) is 18.7 Å². The Morgan fingerprint density at radius 2 is 1.89 bits per heavy atom. The van der Waals surface area contributed by atoms with Crippen molar-refractivity contribution in [3.8, 4) is 0 Å². The van der Waals surface area contributed by atoms with E-state index in [1.807, 2.05) is 22.9 Å². The van der Waals surface area contributed by atoms with Crippen molar-refractivity contribution in [3.05, 3.63) is 47.5 Å². The average molecular weight is 369 g/mol. The summed E-state index contributed by atoms with van der Waals surface area (Å²) in [5.41, 5.74) is 1.67. The molecule has 0 aliphatic carbocycles. The van der Waals surface area contributed by atoms with Crippen LogP contribution in [0.1, 0.15) is 0 Å². The minimum absolute atomic E-state index is 0.0770. The molecule has 3 aromatic rings. The smallest absolute Gasteiger partial charge is 0.261 e. The summed E-state index contributed by atoms with van der Waals surface area (Å²) < 4.78 is 3.29. The molecule has 1 N–H and O–H groups in total. The van der Waals surface area contributed by atoms with Crippen molar-refractivity contribution in [3.63, 3.8) is 0 Å². The maximum atomic E-state index is 12.4. The van der Waals surface area contributed by atoms with Gasteiger partial charge in [0.2, 0.25) is 0 Å². The fourth-order valence-electron chi connectivity index (χ4n) is 3.43. The number of piperazine rings is 1. The Bertz CT molecular complexity index is 946. The van der Waals surface area contributed by atoms with Gasteiger partial charge in [0.1, 0.15) is 12.7 Å². The predicted molar refractivity (Wildman–Crippen MR) is 102 cm³/mol. The van der Waals surface area contributed by atoms with Crippen LogP contribution in [0.4, 0.5) is 5.69 Å². The first-order valence-corrected chi connectivity index (χ1v) is 9.14. The molecule has 1 aliphatic rings. The summed E-state index contributed by atoms with van der Waals surface area (Å²) in [5.74, 6) is 0. The molecule has 1 aromatic carbocycles. The van der Waals surface area contributed by atoms with Crippen molar-refractivity contribution in [1.82, 2.24) is 29.2 Å². The number of hydrogen-bond donors (Lipinski definition) is 1. The topological polar surface area (TPSA) is 92.3 Å². The second kappa shape index (κ2) is 7.85. The molecule has 1 fully saturated rings. The Balaban J connectivity index is 1.41. The number of aliphatic hydroxyl groups is 1. The zero-order valence-corrected chi connectivity index (χ0v) is 15.1. The van der Waals surface area contributed by atoms with Crippen LogP contribution in [0.15, 0.2) is 42.0 Å². The van der Waals surface area contributed by atoms with Crippen LogP contribution in [0.3, 0.4) is 0 Å². The minimum atomic E-state index is -0.112. The third-order valence-electron chi connectivity index (χ3n) is 5.00. The van der Waals surface area contributed by atoms with Crippen LogP contribution in [0, 0.1) is 0 Å². The van der Waals surface area contributed by atoms with Gasteiger partial charge in [-0.25, -0.2) is 9.97 Å². The van der Waals surface area contributed by atoms with Crippen molar-refractivity contribution >= 4 is 16.6 Å². The third kappa shape index (κ3) is 3.83. The Morgan fingerprint density at radius 3 is 2.63 bits per heavy atom. The highest BCUT2D eigenvalue weighted by molar-refractivity contribution is 5.81. The van der Waals surface area contributed by atoms with E-state index in [1.54, 1.807) is 12.7 Å². The van der Waals surface area contributed by atoms with Crippen LogP contribution < -0.4 is 10.5 Å². The highest BCUT2D eigenvalue weighted by Crippen LogP contribution is 2.20. The first kappa shape index (κ1) is 17.6. The van der Waals surface area contributed by atoms with Gasteiger partial charge in [-0.15, -0.1) is 0 Å². The normalized spacial score (nSPS) is 15.5. The Labute approximate surface area is 156 Å². The molecular weight excluding hydrogens is 346 g/mol. The molecule has 0 radical (unpaired) electrons. The maximum Gasteiger partial charge on any atom is 0.261 e. The molecule has 0 bridgehead atoms. The molecule has 0 atom stereocenters. The molecule has 9 nitrogen and oxygen atoms in total. The van der Waals surface area contributed by atoms with Gasteiger partial charge < -0.3 is 10.0 Å². The van der Waals surface area contributed by atoms with E-state index in [2.05, 4.69) is 24.9 Å². The lowest BCUT2D eigenvalue weighted by Crippen LogP contribution is -2.47. The average Bonchev–Trinajstić information content (AvgIpc) is 3.22. The van der Waals surface area contributed by atoms with E-state index in [4.69, 9.17) is 5.11 Å². The maximum absolute atomic E-state index is 12.4. The molecule has 1 saturated heterocycles. The first-order valence-electron chi connectivity index (χ1n) is 9.14. The fourth-order valence-corrected chi connectivity index (χ4v) is 3.43. The minimum Gasteiger partial charge on any atom is -0.395 e. The van der Waals surface area contributed by atoms with Gasteiger partial charge in [-0.1, -0.05) is 0 Å². The van der Waals surface area contributed by atoms with E-state index >= 15 is 0 Å². The molecule has 1 aliphatic heterocycles. The summed E-state index contributed by atoms with van der Waals surface area (Å²) in [6.07, 6.45) is 4.81. The van der Waals surface area contributed by atoms with Crippen molar-refractivity contribution < 1.29 is 5.11 Å². The second-order valence-corrected chi connectivity index (χ2v) is 6.66. The molecule has 0 spiro atoms. The number of hydrogen-bond acceptors (Lipinski definition) is 7. The van der Waals surface area contributed by atoms with E-state index in [0.29, 0.717) is 10.9 Å². The molecule has 9 heteroatoms. The van der Waals surface area contributed by atoms with Crippen LogP contribution in [0.5, 0.6) is 0 Å². The molecule has 27 heavy (non-hydrogen) atoms. The summed E-state index contributed by atoms with van der Waals surface area (Å²) in [7, 11) is 0. The van der Waals surface area contributed by atoms with Crippen LogP contribution in [0.2, 0.25) is 0 Å². The summed E-state index contributed by atoms with van der Waals surface area (Å²) in [6.45, 7) is 5.83. The summed E-state index contributed by atoms with van der Waals surface area (Å²) in [5, 5.41) is 13.8. The van der Waals surface area contributed by atoms with Gasteiger partial charge in [0.05, 0.1) is 36.9 Å². The van der Waals surface area contributed by atoms with E-state index in [0.717, 1.165) is 45.0 Å². The third-order valence-corrected chi connectivity index (χ3v) is 5.00. The van der Waals surface area contributed by atoms with E-state index in [9.17, 15) is 4.79 Å². The Morgan fingerprint density at radius 1 is 1.04 bits per heavy atom. The van der Waals surface area contributed by atoms with Gasteiger partial charge in [0.25, 0.3) is 5.56 Å². The van der Waals surface area contributed by atoms with Gasteiger partial charge in [-0.3, -0.25) is 18.9 Å². The van der Waals surface area contributed by atoms with Crippen LogP contribution in [-0.4, -0.2) is 73.7 Å². The molecule has 142 valence electrons. The molecule has 0 saturated carbocycles. The highest BCUT2D eigenvalue weighted by Gasteiger charge is 2.18. The van der Waals surface area contributed by atoms with Crippen LogP contribution >= 0.6 is 0 Å². The SMILES string of the molecule is O=c1c2ccc(N3CCN(CCn4cncn4)CC3)cc2ncn1CCO. The monoisotopic (exact) mass is 369 g/mol. The summed E-state index contributed by atoms with van der Waals surface area (Å²) in [6, 6.07) is 5.80. The van der Waals surface area contributed by atoms with Gasteiger partial charge in [-0.2, -0.15) is 5.10 Å². The van der Waals surface area contributed by atoms with Crippen molar-refractivity contribution in [2.75, 3.05) is 44.2 Å². The lowest BCUT2D eigenvalue weighted by molar-refractivity contribution is 0.244. The zero-order valence-electron chi connectivity index (χ0n) is 15.1. The number of benzene rings is 1. The number of nitrogens with zero attached hydrogens (tertiary/aromatic N) is 7. The van der Waals surface area contributed by atoms with E-state index in [1.165, 1.54) is 10.9 Å². The van der Waals surface area contributed by atoms with E-state index < -0.39 is 0 Å². The number of fused-ring (bicyclic) bond motifs is 1. The van der Waals surface area contributed by atoms with Crippen LogP contribution in [0.25, 0.3) is 10.9 Å². The zero-order chi connectivity index (χ0) is 18.6. The molecular formula is C18H23N7O2. The van der Waals surface area contributed by atoms with Crippen molar-refractivity contribution in [2.24, 2.45) is 0 Å². The predicted octanol–water partition coefficient (Wildman–Crippen LogP) is -0.197. The standard InChI is InChI=1S/C18H23N7O2/c26-10-9-24-14-20-17-11-15(1-2-16(17)18(24)27)23-6-3-22(4-7-23)5-8-25-13-19-12-21-25/h1-2,11-14,26H,3-10H2. The number of aromatic nitrogens is 5. The Hall–Kier alpha value is -2.78. The first-order chi connectivity index (χ1) is 13.2. The largest absolute Gasteiger partial charge is 0.395 e. The molecule has 2 aromatic heterocycles.